The molecule has 9 heteroatoms. The first kappa shape index (κ1) is 21.8. The molecule has 0 N–H and O–H groups in total. The predicted octanol–water partition coefficient (Wildman–Crippen LogP) is 5.17. The lowest BCUT2D eigenvalue weighted by atomic mass is 9.81. The standard InChI is InChI=1S/C21H23BrN2O4S2/c1-4-28-19(27)21(2,3)30-20-23-14-10-15(13(22)9-16(14)29-20)24-17(25)11-7-5-6-8-12(11)18(24)26/h9-12H,4-8H2,1-3H3. The van der Waals surface area contributed by atoms with Gasteiger partial charge in [0.2, 0.25) is 11.8 Å². The summed E-state index contributed by atoms with van der Waals surface area (Å²) in [4.78, 5) is 44.2. The Labute approximate surface area is 191 Å². The number of thioether (sulfide) groups is 1. The Morgan fingerprint density at radius 1 is 1.27 bits per heavy atom. The number of nitrogens with zero attached hydrogens (tertiary/aromatic N) is 2. The first-order chi connectivity index (χ1) is 14.2. The molecule has 160 valence electrons. The van der Waals surface area contributed by atoms with Gasteiger partial charge in [-0.2, -0.15) is 0 Å². The van der Waals surface area contributed by atoms with Crippen molar-refractivity contribution in [2.24, 2.45) is 11.8 Å². The number of rotatable bonds is 5. The minimum Gasteiger partial charge on any atom is -0.465 e. The first-order valence-corrected chi connectivity index (χ1v) is 12.5. The average Bonchev–Trinajstić information content (AvgIpc) is 3.19. The van der Waals surface area contributed by atoms with Gasteiger partial charge in [0.25, 0.3) is 0 Å². The van der Waals surface area contributed by atoms with Crippen LogP contribution in [0.1, 0.15) is 46.5 Å². The molecule has 2 unspecified atom stereocenters. The molecule has 0 bridgehead atoms. The molecule has 2 aliphatic rings. The number of thiazole rings is 1. The van der Waals surface area contributed by atoms with E-state index in [9.17, 15) is 14.4 Å². The van der Waals surface area contributed by atoms with Crippen LogP contribution in [0.5, 0.6) is 0 Å². The number of amides is 2. The van der Waals surface area contributed by atoms with E-state index in [1.807, 2.05) is 19.9 Å². The van der Waals surface area contributed by atoms with Gasteiger partial charge in [-0.1, -0.05) is 24.6 Å². The predicted molar refractivity (Wildman–Crippen MR) is 122 cm³/mol. The number of benzene rings is 1. The minimum atomic E-state index is -0.763. The van der Waals surface area contributed by atoms with E-state index in [1.54, 1.807) is 13.0 Å². The summed E-state index contributed by atoms with van der Waals surface area (Å²) in [5.74, 6) is -0.871. The van der Waals surface area contributed by atoms with E-state index in [-0.39, 0.29) is 29.6 Å². The Balaban J connectivity index is 1.65. The van der Waals surface area contributed by atoms with E-state index in [2.05, 4.69) is 20.9 Å². The summed E-state index contributed by atoms with van der Waals surface area (Å²) >= 11 is 6.37. The topological polar surface area (TPSA) is 76.6 Å². The lowest BCUT2D eigenvalue weighted by molar-refractivity contribution is -0.145. The van der Waals surface area contributed by atoms with Crippen LogP contribution in [0.25, 0.3) is 10.2 Å². The molecule has 2 fully saturated rings. The quantitative estimate of drug-likeness (QED) is 0.313. The van der Waals surface area contributed by atoms with E-state index in [4.69, 9.17) is 4.74 Å². The van der Waals surface area contributed by atoms with Crippen LogP contribution in [-0.2, 0) is 19.1 Å². The van der Waals surface area contributed by atoms with Crippen molar-refractivity contribution >= 4 is 72.7 Å². The van der Waals surface area contributed by atoms with E-state index in [1.165, 1.54) is 28.0 Å². The van der Waals surface area contributed by atoms with Gasteiger partial charge in [0.05, 0.1) is 34.3 Å². The normalized spacial score (nSPS) is 21.9. The third-order valence-electron chi connectivity index (χ3n) is 5.63. The highest BCUT2D eigenvalue weighted by Crippen LogP contribution is 2.44. The summed E-state index contributed by atoms with van der Waals surface area (Å²) in [5.41, 5.74) is 1.26. The third-order valence-corrected chi connectivity index (χ3v) is 8.52. The number of aromatic nitrogens is 1. The summed E-state index contributed by atoms with van der Waals surface area (Å²) in [6, 6.07) is 3.69. The number of ether oxygens (including phenoxy) is 1. The highest BCUT2D eigenvalue weighted by atomic mass is 79.9. The van der Waals surface area contributed by atoms with Crippen molar-refractivity contribution in [3.8, 4) is 0 Å². The number of hydrogen-bond acceptors (Lipinski definition) is 7. The molecular weight excluding hydrogens is 488 g/mol. The lowest BCUT2D eigenvalue weighted by Crippen LogP contribution is -2.31. The zero-order chi connectivity index (χ0) is 21.6. The van der Waals surface area contributed by atoms with Crippen LogP contribution in [0.2, 0.25) is 0 Å². The fourth-order valence-electron chi connectivity index (χ4n) is 4.10. The molecule has 4 rings (SSSR count). The van der Waals surface area contributed by atoms with Gasteiger partial charge in [-0.25, -0.2) is 9.88 Å². The second-order valence-corrected chi connectivity index (χ2v) is 11.8. The molecule has 1 aromatic carbocycles. The Kier molecular flexibility index (Phi) is 5.98. The summed E-state index contributed by atoms with van der Waals surface area (Å²) in [6.07, 6.45) is 3.56. The van der Waals surface area contributed by atoms with E-state index in [0.29, 0.717) is 22.3 Å². The highest BCUT2D eigenvalue weighted by molar-refractivity contribution is 9.10. The summed E-state index contributed by atoms with van der Waals surface area (Å²) in [5, 5.41) is 0. The zero-order valence-corrected chi connectivity index (χ0v) is 20.3. The molecule has 1 aliphatic carbocycles. The van der Waals surface area contributed by atoms with Crippen molar-refractivity contribution < 1.29 is 19.1 Å². The van der Waals surface area contributed by atoms with Gasteiger partial charge >= 0.3 is 5.97 Å². The molecule has 2 heterocycles. The number of carbonyl (C=O) groups excluding carboxylic acids is 3. The van der Waals surface area contributed by atoms with Crippen molar-refractivity contribution in [3.05, 3.63) is 16.6 Å². The smallest absolute Gasteiger partial charge is 0.322 e. The number of anilines is 1. The van der Waals surface area contributed by atoms with Crippen molar-refractivity contribution in [2.45, 2.75) is 55.5 Å². The van der Waals surface area contributed by atoms with Crippen LogP contribution in [0.4, 0.5) is 5.69 Å². The summed E-state index contributed by atoms with van der Waals surface area (Å²) in [6.45, 7) is 5.74. The van der Waals surface area contributed by atoms with Gasteiger partial charge in [0.15, 0.2) is 4.34 Å². The van der Waals surface area contributed by atoms with E-state index >= 15 is 0 Å². The molecule has 1 saturated carbocycles. The molecule has 1 aromatic heterocycles. The number of hydrogen-bond donors (Lipinski definition) is 0. The number of fused-ring (bicyclic) bond motifs is 2. The van der Waals surface area contributed by atoms with Crippen molar-refractivity contribution in [1.29, 1.82) is 0 Å². The van der Waals surface area contributed by atoms with Crippen LogP contribution >= 0.6 is 39.0 Å². The van der Waals surface area contributed by atoms with Gasteiger partial charge in [-0.05, 0) is 61.7 Å². The molecular formula is C21H23BrN2O4S2. The molecule has 0 radical (unpaired) electrons. The second kappa shape index (κ2) is 8.24. The van der Waals surface area contributed by atoms with E-state index in [0.717, 1.165) is 34.7 Å². The first-order valence-electron chi connectivity index (χ1n) is 10.1. The highest BCUT2D eigenvalue weighted by Gasteiger charge is 2.49. The van der Waals surface area contributed by atoms with Crippen LogP contribution in [0, 0.1) is 11.8 Å². The van der Waals surface area contributed by atoms with Gasteiger partial charge < -0.3 is 4.74 Å². The molecule has 30 heavy (non-hydrogen) atoms. The summed E-state index contributed by atoms with van der Waals surface area (Å²) in [7, 11) is 0. The van der Waals surface area contributed by atoms with Crippen molar-refractivity contribution in [1.82, 2.24) is 4.98 Å². The van der Waals surface area contributed by atoms with Gasteiger partial charge in [-0.15, -0.1) is 11.3 Å². The monoisotopic (exact) mass is 510 g/mol. The lowest BCUT2D eigenvalue weighted by Gasteiger charge is -2.19. The number of esters is 1. The minimum absolute atomic E-state index is 0.0991. The van der Waals surface area contributed by atoms with Gasteiger partial charge in [0, 0.05) is 4.47 Å². The van der Waals surface area contributed by atoms with Gasteiger partial charge in [-0.3, -0.25) is 14.4 Å². The SMILES string of the molecule is CCOC(=O)C(C)(C)Sc1nc2cc(N3C(=O)C4CCCCC4C3=O)c(Br)cc2s1. The molecule has 1 saturated heterocycles. The van der Waals surface area contributed by atoms with E-state index < -0.39 is 4.75 Å². The van der Waals surface area contributed by atoms with Crippen LogP contribution in [0.15, 0.2) is 20.9 Å². The summed E-state index contributed by atoms with van der Waals surface area (Å²) < 4.78 is 6.74. The molecule has 6 nitrogen and oxygen atoms in total. The molecule has 2 amide bonds. The van der Waals surface area contributed by atoms with Gasteiger partial charge in [0.1, 0.15) is 4.75 Å². The Hall–Kier alpha value is -1.45. The Morgan fingerprint density at radius 3 is 2.50 bits per heavy atom. The molecule has 0 spiro atoms. The van der Waals surface area contributed by atoms with Crippen LogP contribution in [-0.4, -0.2) is 34.1 Å². The van der Waals surface area contributed by atoms with Crippen molar-refractivity contribution in [2.75, 3.05) is 11.5 Å². The van der Waals surface area contributed by atoms with Crippen LogP contribution in [0.3, 0.4) is 0 Å². The van der Waals surface area contributed by atoms with Crippen molar-refractivity contribution in [3.63, 3.8) is 0 Å². The Morgan fingerprint density at radius 2 is 1.90 bits per heavy atom. The molecule has 2 atom stereocenters. The number of imide groups is 1. The Bertz CT molecular complexity index is 1010. The fourth-order valence-corrected chi connectivity index (χ4v) is 7.27. The fraction of sp³-hybridized carbons (Fsp3) is 0.524. The molecule has 2 aromatic rings. The maximum Gasteiger partial charge on any atom is 0.322 e. The zero-order valence-electron chi connectivity index (χ0n) is 17.1. The van der Waals surface area contributed by atoms with Crippen LogP contribution < -0.4 is 4.90 Å². The molecule has 1 aliphatic heterocycles. The number of carbonyl (C=O) groups is 3. The second-order valence-electron chi connectivity index (χ2n) is 8.09. The maximum absolute atomic E-state index is 13.0. The maximum atomic E-state index is 13.0. The third kappa shape index (κ3) is 3.80. The average molecular weight is 511 g/mol. The largest absolute Gasteiger partial charge is 0.465 e. The number of halogens is 1.